The van der Waals surface area contributed by atoms with Crippen molar-refractivity contribution in [2.24, 2.45) is 11.8 Å². The van der Waals surface area contributed by atoms with E-state index in [9.17, 15) is 39.0 Å². The highest BCUT2D eigenvalue weighted by Crippen LogP contribution is 2.21. The largest absolute Gasteiger partial charge is 0.460 e. The van der Waals surface area contributed by atoms with Gasteiger partial charge in [0.05, 0.1) is 18.6 Å². The van der Waals surface area contributed by atoms with Crippen LogP contribution in [0.25, 0.3) is 0 Å². The zero-order valence-corrected chi connectivity index (χ0v) is 27.9. The topological polar surface area (TPSA) is 203 Å². The molecule has 1 fully saturated rings. The van der Waals surface area contributed by atoms with Gasteiger partial charge in [-0.3, -0.25) is 28.8 Å². The molecule has 1 unspecified atom stereocenters. The number of aliphatic hydroxyl groups is 2. The van der Waals surface area contributed by atoms with Gasteiger partial charge in [-0.25, -0.2) is 0 Å². The highest BCUT2D eigenvalue weighted by Gasteiger charge is 2.37. The Balaban J connectivity index is 3.55. The van der Waals surface area contributed by atoms with E-state index in [4.69, 9.17) is 4.74 Å². The van der Waals surface area contributed by atoms with Crippen LogP contribution in [-0.4, -0.2) is 107 Å². The van der Waals surface area contributed by atoms with Gasteiger partial charge in [-0.15, -0.1) is 0 Å². The standard InChI is InChI=1S/C31H55N5O9/c1-8-10-11-12-14-24-19(5)31(44)36(7)23(15-18(3)4)29(42)33-21(13-9-2)27(40)34-22(17-37)28(41)35-26(20(6)38)30(43)32-16-25(39)45-24/h18-24,26,37-38H,8-17H2,1-7H3,(H,32,43)(H,33,42)(H,34,40)(H,35,41)/t19-,20+,21+,22+,23+,24?,26+/m1/s1. The van der Waals surface area contributed by atoms with Crippen molar-refractivity contribution in [3.8, 4) is 0 Å². The second-order valence-electron chi connectivity index (χ2n) is 12.3. The molecule has 45 heavy (non-hydrogen) atoms. The minimum absolute atomic E-state index is 0.00183. The first-order valence-electron chi connectivity index (χ1n) is 16.1. The predicted octanol–water partition coefficient (Wildman–Crippen LogP) is 0.135. The normalized spacial score (nSPS) is 27.4. The van der Waals surface area contributed by atoms with E-state index in [0.717, 1.165) is 19.3 Å². The fourth-order valence-electron chi connectivity index (χ4n) is 5.14. The van der Waals surface area contributed by atoms with Crippen LogP contribution in [0.1, 0.15) is 92.9 Å². The molecule has 14 heteroatoms. The molecule has 0 aromatic heterocycles. The van der Waals surface area contributed by atoms with Crippen molar-refractivity contribution in [2.75, 3.05) is 20.2 Å². The van der Waals surface area contributed by atoms with Crippen LogP contribution in [0, 0.1) is 11.8 Å². The molecule has 1 rings (SSSR count). The summed E-state index contributed by atoms with van der Waals surface area (Å²) in [5.74, 6) is -5.24. The van der Waals surface area contributed by atoms with Crippen molar-refractivity contribution >= 4 is 35.5 Å². The van der Waals surface area contributed by atoms with E-state index in [1.165, 1.54) is 18.9 Å². The number of rotatable bonds is 11. The number of hydrogen-bond donors (Lipinski definition) is 6. The van der Waals surface area contributed by atoms with Crippen molar-refractivity contribution < 1.29 is 43.7 Å². The molecule has 1 aliphatic rings. The Hall–Kier alpha value is -3.26. The second-order valence-corrected chi connectivity index (χ2v) is 12.3. The van der Waals surface area contributed by atoms with Crippen LogP contribution >= 0.6 is 0 Å². The fourth-order valence-corrected chi connectivity index (χ4v) is 5.14. The lowest BCUT2D eigenvalue weighted by molar-refractivity contribution is -0.157. The van der Waals surface area contributed by atoms with Crippen LogP contribution in [-0.2, 0) is 33.5 Å². The van der Waals surface area contributed by atoms with Crippen molar-refractivity contribution in [3.05, 3.63) is 0 Å². The average Bonchev–Trinajstić information content (AvgIpc) is 2.99. The monoisotopic (exact) mass is 641 g/mol. The Morgan fingerprint density at radius 1 is 0.844 bits per heavy atom. The summed E-state index contributed by atoms with van der Waals surface area (Å²) in [5, 5.41) is 29.8. The van der Waals surface area contributed by atoms with Crippen molar-refractivity contribution in [1.82, 2.24) is 26.2 Å². The maximum Gasteiger partial charge on any atom is 0.325 e. The van der Waals surface area contributed by atoms with Crippen LogP contribution < -0.4 is 21.3 Å². The van der Waals surface area contributed by atoms with E-state index < -0.39 is 91.0 Å². The van der Waals surface area contributed by atoms with Gasteiger partial charge in [0.2, 0.25) is 29.5 Å². The molecule has 6 N–H and O–H groups in total. The van der Waals surface area contributed by atoms with Gasteiger partial charge in [-0.1, -0.05) is 60.3 Å². The van der Waals surface area contributed by atoms with Crippen molar-refractivity contribution in [1.29, 1.82) is 0 Å². The van der Waals surface area contributed by atoms with Crippen LogP contribution in [0.3, 0.4) is 0 Å². The number of ether oxygens (including phenoxy) is 1. The van der Waals surface area contributed by atoms with Crippen LogP contribution in [0.5, 0.6) is 0 Å². The summed E-state index contributed by atoms with van der Waals surface area (Å²) in [6, 6.07) is -5.08. The third-order valence-corrected chi connectivity index (χ3v) is 7.88. The van der Waals surface area contributed by atoms with Crippen LogP contribution in [0.4, 0.5) is 0 Å². The highest BCUT2D eigenvalue weighted by molar-refractivity contribution is 5.96. The number of nitrogens with zero attached hydrogens (tertiary/aromatic N) is 1. The zero-order valence-electron chi connectivity index (χ0n) is 27.9. The number of unbranched alkanes of at least 4 members (excludes halogenated alkanes) is 3. The molecule has 0 aromatic carbocycles. The van der Waals surface area contributed by atoms with Crippen LogP contribution in [0.15, 0.2) is 0 Å². The van der Waals surface area contributed by atoms with Gasteiger partial charge in [-0.2, -0.15) is 0 Å². The molecule has 1 saturated heterocycles. The summed E-state index contributed by atoms with van der Waals surface area (Å²) in [6.45, 7) is 9.11. The maximum atomic E-state index is 13.8. The molecule has 14 nitrogen and oxygen atoms in total. The van der Waals surface area contributed by atoms with E-state index in [1.54, 1.807) is 13.8 Å². The van der Waals surface area contributed by atoms with E-state index in [0.29, 0.717) is 19.3 Å². The summed E-state index contributed by atoms with van der Waals surface area (Å²) >= 11 is 0. The minimum atomic E-state index is -1.53. The molecule has 0 saturated carbocycles. The molecule has 0 spiro atoms. The Labute approximate surface area is 266 Å². The Morgan fingerprint density at radius 3 is 2.02 bits per heavy atom. The SMILES string of the molecule is CCCCCCC1OC(=O)CNC(=O)[C@H]([C@H](C)O)NC(=O)[C@H](CO)NC(=O)[C@H](CCC)NC(=O)[C@H](CC(C)C)N(C)C(=O)[C@@H]1C. The average molecular weight is 642 g/mol. The highest BCUT2D eigenvalue weighted by atomic mass is 16.5. The summed E-state index contributed by atoms with van der Waals surface area (Å²) in [6.07, 6.45) is 2.61. The third-order valence-electron chi connectivity index (χ3n) is 7.88. The predicted molar refractivity (Wildman–Crippen MR) is 166 cm³/mol. The molecule has 0 radical (unpaired) electrons. The lowest BCUT2D eigenvalue weighted by atomic mass is 9.95. The number of carbonyl (C=O) groups is 6. The number of cyclic esters (lactones) is 1. The fraction of sp³-hybridized carbons (Fsp3) is 0.806. The number of aliphatic hydroxyl groups excluding tert-OH is 2. The van der Waals surface area contributed by atoms with E-state index in [-0.39, 0.29) is 18.8 Å². The molecular weight excluding hydrogens is 586 g/mol. The molecule has 0 aliphatic carbocycles. The van der Waals surface area contributed by atoms with Crippen LogP contribution in [0.2, 0.25) is 0 Å². The Kier molecular flexibility index (Phi) is 17.7. The molecule has 1 heterocycles. The van der Waals surface area contributed by atoms with Crippen molar-refractivity contribution in [2.45, 2.75) is 129 Å². The quantitative estimate of drug-likeness (QED) is 0.134. The van der Waals surface area contributed by atoms with Gasteiger partial charge in [0, 0.05) is 7.05 Å². The van der Waals surface area contributed by atoms with E-state index >= 15 is 0 Å². The van der Waals surface area contributed by atoms with Gasteiger partial charge in [0.25, 0.3) is 0 Å². The summed E-state index contributed by atoms with van der Waals surface area (Å²) < 4.78 is 5.69. The molecule has 5 amide bonds. The first kappa shape index (κ1) is 39.8. The minimum Gasteiger partial charge on any atom is -0.460 e. The number of likely N-dealkylation sites (N-methyl/N-ethyl adjacent to an activating group) is 1. The second kappa shape index (κ2) is 20.0. The summed E-state index contributed by atoms with van der Waals surface area (Å²) in [5.41, 5.74) is 0. The van der Waals surface area contributed by atoms with Crippen molar-refractivity contribution in [3.63, 3.8) is 0 Å². The van der Waals surface area contributed by atoms with Gasteiger partial charge < -0.3 is 41.1 Å². The molecule has 0 aromatic rings. The lowest BCUT2D eigenvalue weighted by Gasteiger charge is -2.34. The summed E-state index contributed by atoms with van der Waals surface area (Å²) in [7, 11) is 1.50. The Bertz CT molecular complexity index is 1010. The number of nitrogens with one attached hydrogen (secondary N) is 4. The number of amides is 5. The molecule has 0 bridgehead atoms. The molecule has 258 valence electrons. The van der Waals surface area contributed by atoms with Gasteiger partial charge in [0.1, 0.15) is 36.8 Å². The van der Waals surface area contributed by atoms with Gasteiger partial charge in [0.15, 0.2) is 0 Å². The molecule has 7 atom stereocenters. The number of hydrogen-bond acceptors (Lipinski definition) is 9. The zero-order chi connectivity index (χ0) is 34.3. The number of esters is 1. The molecule has 1 aliphatic heterocycles. The van der Waals surface area contributed by atoms with Gasteiger partial charge >= 0.3 is 5.97 Å². The lowest BCUT2D eigenvalue weighted by Crippen LogP contribution is -2.60. The Morgan fingerprint density at radius 2 is 1.47 bits per heavy atom. The van der Waals surface area contributed by atoms with E-state index in [2.05, 4.69) is 28.2 Å². The van der Waals surface area contributed by atoms with E-state index in [1.807, 2.05) is 13.8 Å². The summed E-state index contributed by atoms with van der Waals surface area (Å²) in [4.78, 5) is 80.7. The first-order valence-corrected chi connectivity index (χ1v) is 16.1. The number of carbonyl (C=O) groups excluding carboxylic acids is 6. The maximum absolute atomic E-state index is 13.8. The molecular formula is C31H55N5O9. The van der Waals surface area contributed by atoms with Gasteiger partial charge in [-0.05, 0) is 38.5 Å². The third kappa shape index (κ3) is 12.9. The first-order chi connectivity index (χ1) is 21.2. The smallest absolute Gasteiger partial charge is 0.325 e.